The molecule has 3 aromatic rings. The first-order valence-corrected chi connectivity index (χ1v) is 7.09. The van der Waals surface area contributed by atoms with Crippen LogP contribution in [-0.4, -0.2) is 0 Å². The summed E-state index contributed by atoms with van der Waals surface area (Å²) in [6, 6.07) is 18.7. The van der Waals surface area contributed by atoms with Crippen LogP contribution in [0.15, 0.2) is 66.7 Å². The van der Waals surface area contributed by atoms with Crippen molar-refractivity contribution in [2.24, 2.45) is 0 Å². The molecule has 4 heteroatoms. The third-order valence-electron chi connectivity index (χ3n) is 3.19. The molecule has 2 N–H and O–H groups in total. The van der Waals surface area contributed by atoms with Gasteiger partial charge in [-0.15, -0.1) is 0 Å². The Labute approximate surface area is 132 Å². The number of halogens is 2. The van der Waals surface area contributed by atoms with E-state index in [-0.39, 0.29) is 5.82 Å². The molecule has 0 bridgehead atoms. The predicted molar refractivity (Wildman–Crippen MR) is 87.8 cm³/mol. The minimum absolute atomic E-state index is 0.360. The van der Waals surface area contributed by atoms with Gasteiger partial charge in [0.25, 0.3) is 0 Å². The second-order valence-electron chi connectivity index (χ2n) is 4.79. The largest absolute Gasteiger partial charge is 0.457 e. The van der Waals surface area contributed by atoms with Crippen molar-refractivity contribution in [2.75, 3.05) is 5.73 Å². The molecule has 0 saturated heterocycles. The van der Waals surface area contributed by atoms with E-state index in [9.17, 15) is 4.39 Å². The molecule has 0 spiro atoms. The van der Waals surface area contributed by atoms with Gasteiger partial charge in [-0.05, 0) is 30.3 Å². The lowest BCUT2D eigenvalue weighted by Crippen LogP contribution is -1.92. The highest BCUT2D eigenvalue weighted by Gasteiger charge is 2.11. The number of ether oxygens (including phenoxy) is 1. The molecule has 0 fully saturated rings. The molecule has 0 aliphatic rings. The van der Waals surface area contributed by atoms with E-state index in [4.69, 9.17) is 22.1 Å². The van der Waals surface area contributed by atoms with Gasteiger partial charge in [-0.25, -0.2) is 4.39 Å². The van der Waals surface area contributed by atoms with Crippen molar-refractivity contribution in [3.63, 3.8) is 0 Å². The predicted octanol–water partition coefficient (Wildman–Crippen LogP) is 5.52. The van der Waals surface area contributed by atoms with Gasteiger partial charge in [0, 0.05) is 34.0 Å². The quantitative estimate of drug-likeness (QED) is 0.646. The summed E-state index contributed by atoms with van der Waals surface area (Å²) in [5, 5.41) is 0.608. The van der Waals surface area contributed by atoms with Crippen LogP contribution in [0.1, 0.15) is 0 Å². The second-order valence-corrected chi connectivity index (χ2v) is 5.20. The zero-order valence-electron chi connectivity index (χ0n) is 11.6. The van der Waals surface area contributed by atoms with Gasteiger partial charge in [-0.2, -0.15) is 0 Å². The Bertz CT molecular complexity index is 820. The highest BCUT2D eigenvalue weighted by atomic mass is 35.5. The average Bonchev–Trinajstić information content (AvgIpc) is 2.49. The number of nitrogen functional groups attached to an aromatic ring is 1. The summed E-state index contributed by atoms with van der Waals surface area (Å²) in [6.45, 7) is 0. The van der Waals surface area contributed by atoms with Gasteiger partial charge < -0.3 is 10.5 Å². The fourth-order valence-electron chi connectivity index (χ4n) is 2.18. The first-order chi connectivity index (χ1) is 10.6. The van der Waals surface area contributed by atoms with E-state index < -0.39 is 0 Å². The zero-order chi connectivity index (χ0) is 15.5. The molecule has 3 rings (SSSR count). The second kappa shape index (κ2) is 6.08. The highest BCUT2D eigenvalue weighted by molar-refractivity contribution is 6.33. The summed E-state index contributed by atoms with van der Waals surface area (Å²) in [6.07, 6.45) is 0. The van der Waals surface area contributed by atoms with Crippen molar-refractivity contribution in [3.05, 3.63) is 77.6 Å². The van der Waals surface area contributed by atoms with Crippen molar-refractivity contribution in [1.82, 2.24) is 0 Å². The molecule has 0 heterocycles. The van der Waals surface area contributed by atoms with Crippen molar-refractivity contribution < 1.29 is 9.13 Å². The van der Waals surface area contributed by atoms with E-state index in [2.05, 4.69) is 0 Å². The Morgan fingerprint density at radius 2 is 1.68 bits per heavy atom. The van der Waals surface area contributed by atoms with Crippen molar-refractivity contribution in [2.45, 2.75) is 0 Å². The minimum Gasteiger partial charge on any atom is -0.457 e. The molecule has 0 unspecified atom stereocenters. The number of rotatable bonds is 3. The molecule has 2 nitrogen and oxygen atoms in total. The van der Waals surface area contributed by atoms with Gasteiger partial charge in [0.1, 0.15) is 17.3 Å². The minimum atomic E-state index is -0.360. The zero-order valence-corrected chi connectivity index (χ0v) is 12.3. The molecule has 0 aromatic heterocycles. The maximum absolute atomic E-state index is 13.3. The Hall–Kier alpha value is -2.52. The monoisotopic (exact) mass is 313 g/mol. The van der Waals surface area contributed by atoms with Crippen LogP contribution in [0, 0.1) is 5.82 Å². The van der Waals surface area contributed by atoms with E-state index in [0.717, 1.165) is 11.1 Å². The van der Waals surface area contributed by atoms with Crippen LogP contribution in [0.25, 0.3) is 11.1 Å². The van der Waals surface area contributed by atoms with Gasteiger partial charge in [-0.1, -0.05) is 35.9 Å². The van der Waals surface area contributed by atoms with Crippen LogP contribution in [0.5, 0.6) is 11.5 Å². The molecular formula is C18H13ClFNO. The Balaban J connectivity index is 2.07. The maximum Gasteiger partial charge on any atom is 0.137 e. The highest BCUT2D eigenvalue weighted by Crippen LogP contribution is 2.38. The smallest absolute Gasteiger partial charge is 0.137 e. The van der Waals surface area contributed by atoms with Crippen molar-refractivity contribution in [3.8, 4) is 22.6 Å². The molecular weight excluding hydrogens is 301 g/mol. The van der Waals surface area contributed by atoms with Crippen LogP contribution in [0.3, 0.4) is 0 Å². The third-order valence-corrected chi connectivity index (χ3v) is 3.52. The fourth-order valence-corrected chi connectivity index (χ4v) is 2.42. The summed E-state index contributed by atoms with van der Waals surface area (Å²) < 4.78 is 19.1. The fraction of sp³-hybridized carbons (Fsp3) is 0. The van der Waals surface area contributed by atoms with Crippen molar-refractivity contribution in [1.29, 1.82) is 0 Å². The molecule has 22 heavy (non-hydrogen) atoms. The van der Waals surface area contributed by atoms with Crippen LogP contribution in [-0.2, 0) is 0 Å². The molecule has 0 aliphatic heterocycles. The van der Waals surface area contributed by atoms with Crippen LogP contribution in [0.2, 0.25) is 5.02 Å². The molecule has 0 aliphatic carbocycles. The topological polar surface area (TPSA) is 35.2 Å². The summed E-state index contributed by atoms with van der Waals surface area (Å²) in [4.78, 5) is 0. The van der Waals surface area contributed by atoms with E-state index in [0.29, 0.717) is 22.2 Å². The summed E-state index contributed by atoms with van der Waals surface area (Å²) in [5.74, 6) is 0.568. The van der Waals surface area contributed by atoms with Gasteiger partial charge >= 0.3 is 0 Å². The van der Waals surface area contributed by atoms with Gasteiger partial charge in [0.15, 0.2) is 0 Å². The normalized spacial score (nSPS) is 10.5. The van der Waals surface area contributed by atoms with E-state index in [1.807, 2.05) is 24.3 Å². The average molecular weight is 314 g/mol. The summed E-state index contributed by atoms with van der Waals surface area (Å²) >= 11 is 6.25. The summed E-state index contributed by atoms with van der Waals surface area (Å²) in [5.41, 5.74) is 8.02. The number of benzene rings is 3. The molecule has 0 radical (unpaired) electrons. The Kier molecular flexibility index (Phi) is 3.98. The van der Waals surface area contributed by atoms with Crippen molar-refractivity contribution >= 4 is 17.3 Å². The third kappa shape index (κ3) is 3.05. The van der Waals surface area contributed by atoms with Crippen LogP contribution >= 0.6 is 11.6 Å². The number of nitrogens with two attached hydrogens (primary N) is 1. The lowest BCUT2D eigenvalue weighted by molar-refractivity contribution is 0.479. The SMILES string of the molecule is Nc1ccc(-c2ccccc2Cl)c(Oc2cccc(F)c2)c1. The molecule has 3 aromatic carbocycles. The molecule has 0 atom stereocenters. The van der Waals surface area contributed by atoms with Gasteiger partial charge in [0.05, 0.1) is 0 Å². The first kappa shape index (κ1) is 14.4. The lowest BCUT2D eigenvalue weighted by atomic mass is 10.0. The van der Waals surface area contributed by atoms with Gasteiger partial charge in [-0.3, -0.25) is 0 Å². The number of anilines is 1. The first-order valence-electron chi connectivity index (χ1n) is 6.71. The molecule has 0 amide bonds. The summed E-state index contributed by atoms with van der Waals surface area (Å²) in [7, 11) is 0. The van der Waals surface area contributed by atoms with E-state index in [1.54, 1.807) is 30.3 Å². The number of hydrogen-bond acceptors (Lipinski definition) is 2. The Morgan fingerprint density at radius 1 is 0.864 bits per heavy atom. The van der Waals surface area contributed by atoms with E-state index >= 15 is 0 Å². The van der Waals surface area contributed by atoms with E-state index in [1.165, 1.54) is 12.1 Å². The Morgan fingerprint density at radius 3 is 2.45 bits per heavy atom. The number of hydrogen-bond donors (Lipinski definition) is 1. The standard InChI is InChI=1S/C18H13ClFNO/c19-17-7-2-1-6-15(17)16-9-8-13(21)11-18(16)22-14-5-3-4-12(20)10-14/h1-11H,21H2. The van der Waals surface area contributed by atoms with Crippen LogP contribution < -0.4 is 10.5 Å². The lowest BCUT2D eigenvalue weighted by Gasteiger charge is -2.13. The molecule has 110 valence electrons. The maximum atomic E-state index is 13.3. The molecule has 0 saturated carbocycles. The van der Waals surface area contributed by atoms with Gasteiger partial charge in [0.2, 0.25) is 0 Å². The van der Waals surface area contributed by atoms with Crippen LogP contribution in [0.4, 0.5) is 10.1 Å².